The summed E-state index contributed by atoms with van der Waals surface area (Å²) in [7, 11) is 0. The molecular formula is C13H17N3O2. The van der Waals surface area contributed by atoms with E-state index in [2.05, 4.69) is 15.5 Å². The standard InChI is InChI=1S/C13H17N3O2/c1-9-6-8-17-11(9)13-15-12(16-18-13)10-5-3-2-4-7-14-10/h6,8,10,14H,2-5,7H2,1H3. The van der Waals surface area contributed by atoms with E-state index < -0.39 is 0 Å². The zero-order chi connectivity index (χ0) is 12.4. The van der Waals surface area contributed by atoms with Crippen molar-refractivity contribution in [3.63, 3.8) is 0 Å². The van der Waals surface area contributed by atoms with Gasteiger partial charge in [-0.05, 0) is 32.4 Å². The van der Waals surface area contributed by atoms with Gasteiger partial charge in [-0.2, -0.15) is 4.98 Å². The Kier molecular flexibility index (Phi) is 3.15. The average molecular weight is 247 g/mol. The maximum absolute atomic E-state index is 5.36. The molecule has 1 fully saturated rings. The van der Waals surface area contributed by atoms with Gasteiger partial charge in [-0.3, -0.25) is 0 Å². The summed E-state index contributed by atoms with van der Waals surface area (Å²) in [6.45, 7) is 2.99. The predicted molar refractivity (Wildman–Crippen MR) is 65.9 cm³/mol. The summed E-state index contributed by atoms with van der Waals surface area (Å²) in [6, 6.07) is 2.10. The second-order valence-electron chi connectivity index (χ2n) is 4.75. The molecule has 18 heavy (non-hydrogen) atoms. The van der Waals surface area contributed by atoms with Crippen LogP contribution in [0.15, 0.2) is 21.3 Å². The molecule has 0 amide bonds. The molecule has 3 heterocycles. The van der Waals surface area contributed by atoms with Gasteiger partial charge in [0.1, 0.15) is 0 Å². The zero-order valence-corrected chi connectivity index (χ0v) is 10.5. The lowest BCUT2D eigenvalue weighted by molar-refractivity contribution is 0.393. The van der Waals surface area contributed by atoms with E-state index in [0.717, 1.165) is 24.4 Å². The van der Waals surface area contributed by atoms with Crippen molar-refractivity contribution < 1.29 is 8.94 Å². The van der Waals surface area contributed by atoms with Gasteiger partial charge in [0.05, 0.1) is 12.3 Å². The van der Waals surface area contributed by atoms with Crippen molar-refractivity contribution in [3.05, 3.63) is 23.7 Å². The van der Waals surface area contributed by atoms with Gasteiger partial charge in [0, 0.05) is 5.56 Å². The van der Waals surface area contributed by atoms with Gasteiger partial charge in [-0.25, -0.2) is 0 Å². The number of nitrogens with one attached hydrogen (secondary N) is 1. The van der Waals surface area contributed by atoms with E-state index in [1.54, 1.807) is 6.26 Å². The Hall–Kier alpha value is -1.62. The number of furan rings is 1. The van der Waals surface area contributed by atoms with Crippen LogP contribution in [0.25, 0.3) is 11.7 Å². The summed E-state index contributed by atoms with van der Waals surface area (Å²) in [5.41, 5.74) is 1.01. The van der Waals surface area contributed by atoms with Crippen LogP contribution in [0.2, 0.25) is 0 Å². The molecule has 1 N–H and O–H groups in total. The topological polar surface area (TPSA) is 64.1 Å². The highest BCUT2D eigenvalue weighted by atomic mass is 16.5. The Morgan fingerprint density at radius 1 is 1.33 bits per heavy atom. The minimum atomic E-state index is 0.209. The van der Waals surface area contributed by atoms with Gasteiger partial charge >= 0.3 is 0 Å². The van der Waals surface area contributed by atoms with E-state index in [1.807, 2.05) is 13.0 Å². The first-order chi connectivity index (χ1) is 8.84. The van der Waals surface area contributed by atoms with Crippen molar-refractivity contribution in [2.75, 3.05) is 6.54 Å². The number of aromatic nitrogens is 2. The number of hydrogen-bond donors (Lipinski definition) is 1. The number of aryl methyl sites for hydroxylation is 1. The minimum Gasteiger partial charge on any atom is -0.459 e. The summed E-state index contributed by atoms with van der Waals surface area (Å²) in [4.78, 5) is 4.44. The molecule has 0 aliphatic carbocycles. The third-order valence-electron chi connectivity index (χ3n) is 3.37. The Morgan fingerprint density at radius 2 is 2.28 bits per heavy atom. The Bertz CT molecular complexity index is 510. The van der Waals surface area contributed by atoms with Gasteiger partial charge in [-0.1, -0.05) is 18.0 Å². The third-order valence-corrected chi connectivity index (χ3v) is 3.37. The lowest BCUT2D eigenvalue weighted by Gasteiger charge is -2.09. The highest BCUT2D eigenvalue weighted by Crippen LogP contribution is 2.26. The van der Waals surface area contributed by atoms with Crippen LogP contribution in [0.5, 0.6) is 0 Å². The molecule has 5 nitrogen and oxygen atoms in total. The Balaban J connectivity index is 1.82. The van der Waals surface area contributed by atoms with Crippen molar-refractivity contribution in [1.82, 2.24) is 15.5 Å². The fourth-order valence-electron chi connectivity index (χ4n) is 2.31. The van der Waals surface area contributed by atoms with E-state index in [-0.39, 0.29) is 6.04 Å². The van der Waals surface area contributed by atoms with Gasteiger partial charge in [-0.15, -0.1) is 0 Å². The molecule has 0 radical (unpaired) electrons. The quantitative estimate of drug-likeness (QED) is 0.884. The lowest BCUT2D eigenvalue weighted by Crippen LogP contribution is -2.21. The molecule has 0 saturated carbocycles. The van der Waals surface area contributed by atoms with E-state index in [9.17, 15) is 0 Å². The van der Waals surface area contributed by atoms with Crippen LogP contribution in [0.4, 0.5) is 0 Å². The SMILES string of the molecule is Cc1ccoc1-c1nc(C2CCCCCN2)no1. The maximum Gasteiger partial charge on any atom is 0.293 e. The van der Waals surface area contributed by atoms with Crippen LogP contribution < -0.4 is 5.32 Å². The lowest BCUT2D eigenvalue weighted by atomic mass is 10.1. The molecule has 1 unspecified atom stereocenters. The van der Waals surface area contributed by atoms with Crippen molar-refractivity contribution in [2.24, 2.45) is 0 Å². The smallest absolute Gasteiger partial charge is 0.293 e. The van der Waals surface area contributed by atoms with Crippen molar-refractivity contribution in [1.29, 1.82) is 0 Å². The highest BCUT2D eigenvalue weighted by molar-refractivity contribution is 5.49. The molecule has 2 aromatic heterocycles. The molecule has 0 bridgehead atoms. The van der Waals surface area contributed by atoms with E-state index in [4.69, 9.17) is 8.94 Å². The van der Waals surface area contributed by atoms with Crippen LogP contribution in [-0.4, -0.2) is 16.7 Å². The van der Waals surface area contributed by atoms with E-state index >= 15 is 0 Å². The van der Waals surface area contributed by atoms with Crippen LogP contribution in [-0.2, 0) is 0 Å². The van der Waals surface area contributed by atoms with Gasteiger partial charge in [0.25, 0.3) is 5.89 Å². The zero-order valence-electron chi connectivity index (χ0n) is 10.5. The molecule has 0 aromatic carbocycles. The Morgan fingerprint density at radius 3 is 3.11 bits per heavy atom. The first-order valence-electron chi connectivity index (χ1n) is 6.46. The van der Waals surface area contributed by atoms with Gasteiger partial charge < -0.3 is 14.3 Å². The average Bonchev–Trinajstić information content (AvgIpc) is 2.91. The van der Waals surface area contributed by atoms with Crippen LogP contribution in [0, 0.1) is 6.92 Å². The van der Waals surface area contributed by atoms with Crippen molar-refractivity contribution in [3.8, 4) is 11.7 Å². The fourth-order valence-corrected chi connectivity index (χ4v) is 2.31. The van der Waals surface area contributed by atoms with E-state index in [1.165, 1.54) is 19.3 Å². The second-order valence-corrected chi connectivity index (χ2v) is 4.75. The summed E-state index contributed by atoms with van der Waals surface area (Å²) >= 11 is 0. The molecule has 0 spiro atoms. The molecule has 96 valence electrons. The molecule has 5 heteroatoms. The molecule has 1 aliphatic heterocycles. The summed E-state index contributed by atoms with van der Waals surface area (Å²) < 4.78 is 10.6. The first kappa shape index (κ1) is 11.5. The largest absolute Gasteiger partial charge is 0.459 e. The molecule has 1 atom stereocenters. The molecular weight excluding hydrogens is 230 g/mol. The Labute approximate surface area is 106 Å². The normalized spacial score (nSPS) is 20.8. The summed E-state index contributed by atoms with van der Waals surface area (Å²) in [5.74, 6) is 1.88. The highest BCUT2D eigenvalue weighted by Gasteiger charge is 2.21. The third kappa shape index (κ3) is 2.18. The monoisotopic (exact) mass is 247 g/mol. The van der Waals surface area contributed by atoms with Gasteiger partial charge in [0.15, 0.2) is 11.6 Å². The fraction of sp³-hybridized carbons (Fsp3) is 0.538. The summed E-state index contributed by atoms with van der Waals surface area (Å²) in [5, 5.41) is 7.53. The first-order valence-corrected chi connectivity index (χ1v) is 6.46. The molecule has 1 saturated heterocycles. The summed E-state index contributed by atoms with van der Waals surface area (Å²) in [6.07, 6.45) is 6.40. The number of nitrogens with zero attached hydrogens (tertiary/aromatic N) is 2. The van der Waals surface area contributed by atoms with Gasteiger partial charge in [0.2, 0.25) is 0 Å². The predicted octanol–water partition coefficient (Wildman–Crippen LogP) is 2.84. The van der Waals surface area contributed by atoms with Crippen LogP contribution in [0.1, 0.15) is 43.1 Å². The maximum atomic E-state index is 5.36. The van der Waals surface area contributed by atoms with E-state index in [0.29, 0.717) is 11.7 Å². The van der Waals surface area contributed by atoms with Crippen molar-refractivity contribution in [2.45, 2.75) is 38.6 Å². The molecule has 1 aliphatic rings. The minimum absolute atomic E-state index is 0.209. The number of rotatable bonds is 2. The van der Waals surface area contributed by atoms with Crippen LogP contribution in [0.3, 0.4) is 0 Å². The molecule has 3 rings (SSSR count). The molecule has 2 aromatic rings. The van der Waals surface area contributed by atoms with Crippen molar-refractivity contribution >= 4 is 0 Å². The van der Waals surface area contributed by atoms with Crippen LogP contribution >= 0.6 is 0 Å². The second kappa shape index (κ2) is 4.94. The number of hydrogen-bond acceptors (Lipinski definition) is 5.